The van der Waals surface area contributed by atoms with Crippen LogP contribution in [0.4, 0.5) is 0 Å². The Labute approximate surface area is 87.5 Å². The number of rotatable bonds is 1. The van der Waals surface area contributed by atoms with Crippen molar-refractivity contribution in [2.24, 2.45) is 5.73 Å². The summed E-state index contributed by atoms with van der Waals surface area (Å²) < 4.78 is 5.67. The van der Waals surface area contributed by atoms with Crippen LogP contribution in [-0.2, 0) is 0 Å². The van der Waals surface area contributed by atoms with E-state index in [0.717, 1.165) is 30.7 Å². The van der Waals surface area contributed by atoms with Crippen molar-refractivity contribution in [3.63, 3.8) is 0 Å². The van der Waals surface area contributed by atoms with Crippen LogP contribution in [0.5, 0.6) is 0 Å². The monoisotopic (exact) mass is 203 g/mol. The molecule has 0 bridgehead atoms. The zero-order chi connectivity index (χ0) is 10.3. The molecule has 1 saturated carbocycles. The molecule has 1 fully saturated rings. The van der Waals surface area contributed by atoms with Crippen LogP contribution in [0.3, 0.4) is 0 Å². The smallest absolute Gasteiger partial charge is 0.200 e. The molecule has 2 aromatic rings. The van der Waals surface area contributed by atoms with Crippen LogP contribution in [0.2, 0.25) is 0 Å². The van der Waals surface area contributed by atoms with E-state index in [4.69, 9.17) is 10.2 Å². The van der Waals surface area contributed by atoms with Crippen molar-refractivity contribution in [3.8, 4) is 0 Å². The topological polar surface area (TPSA) is 64.9 Å². The molecule has 0 saturated heterocycles. The Hall–Kier alpha value is -1.42. The van der Waals surface area contributed by atoms with Crippen LogP contribution >= 0.6 is 0 Å². The predicted molar refractivity (Wildman–Crippen MR) is 56.4 cm³/mol. The Balaban J connectivity index is 1.98. The molecule has 0 radical (unpaired) electrons. The summed E-state index contributed by atoms with van der Waals surface area (Å²) in [7, 11) is 0. The Bertz CT molecular complexity index is 446. The molecule has 0 spiro atoms. The molecule has 4 heteroatoms. The van der Waals surface area contributed by atoms with Gasteiger partial charge in [-0.25, -0.2) is 4.98 Å². The summed E-state index contributed by atoms with van der Waals surface area (Å²) in [6, 6.07) is 4.06. The van der Waals surface area contributed by atoms with Crippen molar-refractivity contribution in [1.29, 1.82) is 0 Å². The molecule has 3 rings (SSSR count). The van der Waals surface area contributed by atoms with E-state index in [9.17, 15) is 0 Å². The second kappa shape index (κ2) is 3.31. The molecule has 0 aliphatic heterocycles. The molecule has 2 atom stereocenters. The van der Waals surface area contributed by atoms with E-state index >= 15 is 0 Å². The number of oxazole rings is 1. The number of nitrogens with zero attached hydrogens (tertiary/aromatic N) is 2. The molecular weight excluding hydrogens is 190 g/mol. The fourth-order valence-corrected chi connectivity index (χ4v) is 2.20. The van der Waals surface area contributed by atoms with Gasteiger partial charge in [0.15, 0.2) is 17.1 Å². The van der Waals surface area contributed by atoms with Crippen molar-refractivity contribution >= 4 is 11.2 Å². The van der Waals surface area contributed by atoms with Crippen molar-refractivity contribution < 1.29 is 4.42 Å². The van der Waals surface area contributed by atoms with Crippen molar-refractivity contribution in [1.82, 2.24) is 9.97 Å². The number of hydrogen-bond acceptors (Lipinski definition) is 4. The van der Waals surface area contributed by atoms with E-state index in [1.165, 1.54) is 0 Å². The van der Waals surface area contributed by atoms with Crippen LogP contribution in [0.1, 0.15) is 31.1 Å². The van der Waals surface area contributed by atoms with Crippen LogP contribution in [0.25, 0.3) is 11.2 Å². The Morgan fingerprint density at radius 1 is 1.40 bits per heavy atom. The number of nitrogens with two attached hydrogens (primary N) is 1. The van der Waals surface area contributed by atoms with Gasteiger partial charge in [0, 0.05) is 18.2 Å². The predicted octanol–water partition coefficient (Wildman–Crippen LogP) is 1.82. The maximum absolute atomic E-state index is 5.87. The summed E-state index contributed by atoms with van der Waals surface area (Å²) in [6.07, 6.45) is 4.85. The van der Waals surface area contributed by atoms with Gasteiger partial charge >= 0.3 is 0 Å². The van der Waals surface area contributed by atoms with Gasteiger partial charge in [-0.2, -0.15) is 4.98 Å². The van der Waals surface area contributed by atoms with E-state index in [0.29, 0.717) is 17.6 Å². The average molecular weight is 203 g/mol. The van der Waals surface area contributed by atoms with Gasteiger partial charge < -0.3 is 10.2 Å². The standard InChI is InChI=1S/C11H13N3O/c12-8-4-3-7(6-8)11-14-10-9(15-11)2-1-5-13-10/h1-2,5,7-8H,3-4,6,12H2. The SMILES string of the molecule is NC1CCC(c2nc3ncccc3o2)C1. The molecule has 0 aromatic carbocycles. The third-order valence-electron chi connectivity index (χ3n) is 3.00. The highest BCUT2D eigenvalue weighted by Crippen LogP contribution is 2.34. The normalized spacial score (nSPS) is 26.2. The molecule has 1 aliphatic rings. The molecule has 2 N–H and O–H groups in total. The number of pyridine rings is 1. The molecule has 78 valence electrons. The third-order valence-corrected chi connectivity index (χ3v) is 3.00. The minimum atomic E-state index is 0.304. The quantitative estimate of drug-likeness (QED) is 0.767. The first kappa shape index (κ1) is 8.85. The summed E-state index contributed by atoms with van der Waals surface area (Å²) >= 11 is 0. The summed E-state index contributed by atoms with van der Waals surface area (Å²) in [5, 5.41) is 0. The lowest BCUT2D eigenvalue weighted by Gasteiger charge is -2.02. The molecule has 4 nitrogen and oxygen atoms in total. The number of hydrogen-bond donors (Lipinski definition) is 1. The molecule has 2 unspecified atom stereocenters. The fourth-order valence-electron chi connectivity index (χ4n) is 2.20. The second-order valence-corrected chi connectivity index (χ2v) is 4.15. The average Bonchev–Trinajstić information content (AvgIpc) is 2.82. The van der Waals surface area contributed by atoms with Crippen molar-refractivity contribution in [3.05, 3.63) is 24.2 Å². The maximum atomic E-state index is 5.87. The van der Waals surface area contributed by atoms with Crippen LogP contribution in [0, 0.1) is 0 Å². The lowest BCUT2D eigenvalue weighted by Crippen LogP contribution is -2.14. The molecule has 15 heavy (non-hydrogen) atoms. The van der Waals surface area contributed by atoms with Gasteiger partial charge in [0.2, 0.25) is 0 Å². The zero-order valence-electron chi connectivity index (χ0n) is 8.39. The zero-order valence-corrected chi connectivity index (χ0v) is 8.39. The van der Waals surface area contributed by atoms with Gasteiger partial charge in [-0.1, -0.05) is 0 Å². The first-order chi connectivity index (χ1) is 7.33. The van der Waals surface area contributed by atoms with Crippen molar-refractivity contribution in [2.45, 2.75) is 31.2 Å². The second-order valence-electron chi connectivity index (χ2n) is 4.15. The van der Waals surface area contributed by atoms with Gasteiger partial charge in [-0.3, -0.25) is 0 Å². The highest BCUT2D eigenvalue weighted by atomic mass is 16.3. The van der Waals surface area contributed by atoms with E-state index in [1.54, 1.807) is 6.20 Å². The molecule has 0 amide bonds. The largest absolute Gasteiger partial charge is 0.439 e. The van der Waals surface area contributed by atoms with E-state index in [1.807, 2.05) is 12.1 Å². The summed E-state index contributed by atoms with van der Waals surface area (Å²) in [5.41, 5.74) is 7.34. The van der Waals surface area contributed by atoms with Crippen LogP contribution in [-0.4, -0.2) is 16.0 Å². The van der Waals surface area contributed by atoms with E-state index in [2.05, 4.69) is 9.97 Å². The van der Waals surface area contributed by atoms with Crippen molar-refractivity contribution in [2.75, 3.05) is 0 Å². The molecule has 1 aliphatic carbocycles. The van der Waals surface area contributed by atoms with E-state index in [-0.39, 0.29) is 0 Å². The first-order valence-corrected chi connectivity index (χ1v) is 5.30. The molecule has 2 aromatic heterocycles. The van der Waals surface area contributed by atoms with Gasteiger partial charge in [0.25, 0.3) is 0 Å². The minimum absolute atomic E-state index is 0.304. The summed E-state index contributed by atoms with van der Waals surface area (Å²) in [4.78, 5) is 8.55. The number of fused-ring (bicyclic) bond motifs is 1. The third kappa shape index (κ3) is 1.51. The Kier molecular flexibility index (Phi) is 1.95. The molecular formula is C11H13N3O. The lowest BCUT2D eigenvalue weighted by atomic mass is 10.1. The summed E-state index contributed by atoms with van der Waals surface area (Å²) in [5.74, 6) is 1.19. The fraction of sp³-hybridized carbons (Fsp3) is 0.455. The highest BCUT2D eigenvalue weighted by molar-refractivity contribution is 5.67. The van der Waals surface area contributed by atoms with Crippen LogP contribution in [0.15, 0.2) is 22.7 Å². The van der Waals surface area contributed by atoms with E-state index < -0.39 is 0 Å². The lowest BCUT2D eigenvalue weighted by molar-refractivity contribution is 0.471. The van der Waals surface area contributed by atoms with Gasteiger partial charge in [-0.15, -0.1) is 0 Å². The maximum Gasteiger partial charge on any atom is 0.200 e. The Morgan fingerprint density at radius 2 is 2.33 bits per heavy atom. The van der Waals surface area contributed by atoms with Gasteiger partial charge in [0.05, 0.1) is 0 Å². The molecule has 2 heterocycles. The number of aromatic nitrogens is 2. The highest BCUT2D eigenvalue weighted by Gasteiger charge is 2.27. The summed E-state index contributed by atoms with van der Waals surface area (Å²) in [6.45, 7) is 0. The van der Waals surface area contributed by atoms with Gasteiger partial charge in [0.1, 0.15) is 0 Å². The minimum Gasteiger partial charge on any atom is -0.439 e. The Morgan fingerprint density at radius 3 is 3.07 bits per heavy atom. The van der Waals surface area contributed by atoms with Crippen LogP contribution < -0.4 is 5.73 Å². The first-order valence-electron chi connectivity index (χ1n) is 5.30. The van der Waals surface area contributed by atoms with Gasteiger partial charge in [-0.05, 0) is 31.4 Å².